The fraction of sp³-hybridized carbons (Fsp3) is 0.737. The highest BCUT2D eigenvalue weighted by atomic mass is 16.6. The van der Waals surface area contributed by atoms with Gasteiger partial charge in [-0.25, -0.2) is 9.59 Å². The molecule has 0 aliphatic carbocycles. The molecular weight excluding hydrogens is 382 g/mol. The van der Waals surface area contributed by atoms with E-state index in [1.807, 2.05) is 13.8 Å². The lowest BCUT2D eigenvalue weighted by Gasteiger charge is -2.30. The van der Waals surface area contributed by atoms with E-state index in [1.165, 1.54) is 13.1 Å². The number of hydrogen-bond donors (Lipinski definition) is 3. The summed E-state index contributed by atoms with van der Waals surface area (Å²) in [5.74, 6) is -1.28. The summed E-state index contributed by atoms with van der Waals surface area (Å²) in [5, 5.41) is 10.0. The molecule has 1 aliphatic heterocycles. The lowest BCUT2D eigenvalue weighted by Crippen LogP contribution is -2.56. The number of carboxylic acids is 1. The summed E-state index contributed by atoms with van der Waals surface area (Å²) in [6.45, 7) is 5.92. The van der Waals surface area contributed by atoms with E-state index in [9.17, 15) is 19.5 Å². The van der Waals surface area contributed by atoms with Gasteiger partial charge in [0.15, 0.2) is 6.23 Å². The van der Waals surface area contributed by atoms with Crippen LogP contribution in [-0.4, -0.2) is 58.2 Å². The smallest absolute Gasteiger partial charge is 0.341 e. The average Bonchev–Trinajstić information content (AvgIpc) is 2.95. The van der Waals surface area contributed by atoms with Crippen molar-refractivity contribution in [1.29, 1.82) is 0 Å². The molecule has 1 aromatic rings. The Morgan fingerprint density at radius 2 is 1.97 bits per heavy atom. The molecule has 1 saturated heterocycles. The molecule has 1 unspecified atom stereocenters. The zero-order valence-corrected chi connectivity index (χ0v) is 17.2. The standard InChI is InChI=1S/C19H31N3O7/c1-4-6-8-27-11-19(17(24)25)14(28-9-7-5-2)13(20)16(29-19)22-10-12(3)15(23)21-18(22)26/h10,13-14,16H,4-9,11,20H2,1-3H3,(H,24,25)(H,21,23,26)/t13-,14?,16+,19+/m0/s1. The average molecular weight is 413 g/mol. The van der Waals surface area contributed by atoms with E-state index in [2.05, 4.69) is 4.98 Å². The number of aromatic amines is 1. The fourth-order valence-corrected chi connectivity index (χ4v) is 3.26. The van der Waals surface area contributed by atoms with Gasteiger partial charge >= 0.3 is 11.7 Å². The van der Waals surface area contributed by atoms with Crippen LogP contribution in [0.2, 0.25) is 0 Å². The predicted octanol–water partition coefficient (Wildman–Crippen LogP) is 0.527. The van der Waals surface area contributed by atoms with Gasteiger partial charge in [-0.15, -0.1) is 0 Å². The highest BCUT2D eigenvalue weighted by molar-refractivity contribution is 5.79. The molecule has 10 nitrogen and oxygen atoms in total. The number of nitrogens with two attached hydrogens (primary N) is 1. The SMILES string of the molecule is CCCCOC[C@@]1(C(=O)O)O[C@@H](n2cc(C)c(=O)[nH]c2=O)[C@@H](N)C1OCCCC. The van der Waals surface area contributed by atoms with Gasteiger partial charge in [-0.3, -0.25) is 14.3 Å². The zero-order chi connectivity index (χ0) is 21.6. The Labute approximate surface area is 169 Å². The second-order valence-electron chi connectivity index (χ2n) is 7.31. The molecule has 2 rings (SSSR count). The van der Waals surface area contributed by atoms with Gasteiger partial charge in [-0.05, 0) is 19.8 Å². The first-order valence-corrected chi connectivity index (χ1v) is 9.96. The first-order chi connectivity index (χ1) is 13.8. The van der Waals surface area contributed by atoms with Crippen molar-refractivity contribution in [2.75, 3.05) is 19.8 Å². The Morgan fingerprint density at radius 1 is 1.31 bits per heavy atom. The molecule has 0 amide bonds. The van der Waals surface area contributed by atoms with Gasteiger partial charge < -0.3 is 25.1 Å². The third-order valence-electron chi connectivity index (χ3n) is 5.01. The van der Waals surface area contributed by atoms with Crippen LogP contribution in [0.1, 0.15) is 51.3 Å². The lowest BCUT2D eigenvalue weighted by molar-refractivity contribution is -0.192. The Morgan fingerprint density at radius 3 is 2.59 bits per heavy atom. The number of carbonyl (C=O) groups is 1. The lowest BCUT2D eigenvalue weighted by atomic mass is 9.94. The van der Waals surface area contributed by atoms with Crippen LogP contribution < -0.4 is 17.0 Å². The number of aliphatic carboxylic acids is 1. The van der Waals surface area contributed by atoms with Gasteiger partial charge in [0, 0.05) is 25.0 Å². The predicted molar refractivity (Wildman–Crippen MR) is 105 cm³/mol. The van der Waals surface area contributed by atoms with Crippen LogP contribution in [0.25, 0.3) is 0 Å². The summed E-state index contributed by atoms with van der Waals surface area (Å²) in [7, 11) is 0. The summed E-state index contributed by atoms with van der Waals surface area (Å²) >= 11 is 0. The monoisotopic (exact) mass is 413 g/mol. The van der Waals surface area contributed by atoms with Crippen LogP contribution in [-0.2, 0) is 19.0 Å². The molecule has 29 heavy (non-hydrogen) atoms. The first kappa shape index (κ1) is 23.3. The van der Waals surface area contributed by atoms with Gasteiger partial charge in [0.25, 0.3) is 5.56 Å². The summed E-state index contributed by atoms with van der Waals surface area (Å²) < 4.78 is 18.4. The van der Waals surface area contributed by atoms with Crippen molar-refractivity contribution in [3.8, 4) is 0 Å². The molecular formula is C19H31N3O7. The summed E-state index contributed by atoms with van der Waals surface area (Å²) in [6.07, 6.45) is 2.39. The molecule has 4 N–H and O–H groups in total. The minimum absolute atomic E-state index is 0.263. The Balaban J connectivity index is 2.41. The second-order valence-corrected chi connectivity index (χ2v) is 7.31. The van der Waals surface area contributed by atoms with Crippen LogP contribution in [0, 0.1) is 6.92 Å². The molecule has 0 spiro atoms. The Bertz CT molecular complexity index is 806. The summed E-state index contributed by atoms with van der Waals surface area (Å²) in [5.41, 5.74) is 3.46. The van der Waals surface area contributed by atoms with Crippen molar-refractivity contribution >= 4 is 5.97 Å². The number of nitrogens with zero attached hydrogens (tertiary/aromatic N) is 1. The number of hydrogen-bond acceptors (Lipinski definition) is 7. The minimum atomic E-state index is -1.87. The van der Waals surface area contributed by atoms with E-state index >= 15 is 0 Å². The number of ether oxygens (including phenoxy) is 3. The molecule has 164 valence electrons. The molecule has 0 saturated carbocycles. The van der Waals surface area contributed by atoms with Crippen molar-refractivity contribution in [3.05, 3.63) is 32.6 Å². The number of H-pyrrole nitrogens is 1. The molecule has 4 atom stereocenters. The molecule has 0 radical (unpaired) electrons. The maximum atomic E-state index is 12.3. The number of unbranched alkanes of at least 4 members (excludes halogenated alkanes) is 2. The Hall–Kier alpha value is -2.01. The van der Waals surface area contributed by atoms with Gasteiger partial charge in [-0.1, -0.05) is 26.7 Å². The van der Waals surface area contributed by atoms with Gasteiger partial charge in [-0.2, -0.15) is 0 Å². The topological polar surface area (TPSA) is 146 Å². The number of aromatic nitrogens is 2. The molecule has 10 heteroatoms. The molecule has 1 aromatic heterocycles. The van der Waals surface area contributed by atoms with Crippen molar-refractivity contribution in [1.82, 2.24) is 9.55 Å². The third-order valence-corrected chi connectivity index (χ3v) is 5.01. The Kier molecular flexibility index (Phi) is 8.14. The maximum absolute atomic E-state index is 12.3. The van der Waals surface area contributed by atoms with Gasteiger partial charge in [0.1, 0.15) is 6.10 Å². The van der Waals surface area contributed by atoms with E-state index in [0.717, 1.165) is 30.3 Å². The number of rotatable bonds is 11. The number of nitrogens with one attached hydrogen (secondary N) is 1. The zero-order valence-electron chi connectivity index (χ0n) is 17.2. The van der Waals surface area contributed by atoms with Crippen LogP contribution in [0.3, 0.4) is 0 Å². The normalized spacial score (nSPS) is 26.7. The van der Waals surface area contributed by atoms with Gasteiger partial charge in [0.2, 0.25) is 5.60 Å². The highest BCUT2D eigenvalue weighted by Crippen LogP contribution is 2.38. The van der Waals surface area contributed by atoms with Crippen molar-refractivity contribution in [3.63, 3.8) is 0 Å². The van der Waals surface area contributed by atoms with Crippen molar-refractivity contribution in [2.24, 2.45) is 5.73 Å². The molecule has 1 fully saturated rings. The van der Waals surface area contributed by atoms with Gasteiger partial charge in [0.05, 0.1) is 12.6 Å². The third kappa shape index (κ3) is 4.95. The minimum Gasteiger partial charge on any atom is -0.479 e. The molecule has 1 aliphatic rings. The molecule has 2 heterocycles. The molecule has 0 aromatic carbocycles. The fourth-order valence-electron chi connectivity index (χ4n) is 3.26. The van der Waals surface area contributed by atoms with Crippen LogP contribution in [0.4, 0.5) is 0 Å². The quantitative estimate of drug-likeness (QED) is 0.445. The van der Waals surface area contributed by atoms with E-state index in [1.54, 1.807) is 0 Å². The number of aryl methyl sites for hydroxylation is 1. The van der Waals surface area contributed by atoms with E-state index < -0.39 is 41.2 Å². The van der Waals surface area contributed by atoms with Crippen molar-refractivity contribution < 1.29 is 24.1 Å². The van der Waals surface area contributed by atoms with E-state index in [4.69, 9.17) is 19.9 Å². The van der Waals surface area contributed by atoms with Crippen LogP contribution in [0.5, 0.6) is 0 Å². The van der Waals surface area contributed by atoms with Crippen molar-refractivity contribution in [2.45, 2.75) is 70.4 Å². The number of carboxylic acid groups (broad SMARTS) is 1. The summed E-state index contributed by atoms with van der Waals surface area (Å²) in [4.78, 5) is 38.5. The second kappa shape index (κ2) is 10.1. The van der Waals surface area contributed by atoms with Crippen LogP contribution in [0.15, 0.2) is 15.8 Å². The molecule has 0 bridgehead atoms. The largest absolute Gasteiger partial charge is 0.479 e. The van der Waals surface area contributed by atoms with Crippen LogP contribution >= 0.6 is 0 Å². The highest BCUT2D eigenvalue weighted by Gasteiger charge is 2.61. The maximum Gasteiger partial charge on any atom is 0.341 e. The van der Waals surface area contributed by atoms with E-state index in [0.29, 0.717) is 13.2 Å². The first-order valence-electron chi connectivity index (χ1n) is 9.96. The summed E-state index contributed by atoms with van der Waals surface area (Å²) in [6, 6.07) is -0.958. The van der Waals surface area contributed by atoms with E-state index in [-0.39, 0.29) is 12.2 Å².